The van der Waals surface area contributed by atoms with Crippen molar-refractivity contribution in [3.8, 4) is 0 Å². The zero-order valence-corrected chi connectivity index (χ0v) is 10.1. The van der Waals surface area contributed by atoms with Crippen molar-refractivity contribution in [1.82, 2.24) is 10.2 Å². The first-order valence-electron chi connectivity index (χ1n) is 5.12. The zero-order chi connectivity index (χ0) is 12.3. The zero-order valence-electron chi connectivity index (χ0n) is 10.1. The quantitative estimate of drug-likeness (QED) is 0.657. The molecule has 0 aromatic heterocycles. The van der Waals surface area contributed by atoms with E-state index in [2.05, 4.69) is 10.1 Å². The highest BCUT2D eigenvalue weighted by Gasteiger charge is 2.33. The lowest BCUT2D eigenvalue weighted by Crippen LogP contribution is -2.37. The topological polar surface area (TPSA) is 67.9 Å². The minimum absolute atomic E-state index is 0.279. The summed E-state index contributed by atoms with van der Waals surface area (Å²) in [6, 6.07) is -0.461. The maximum absolute atomic E-state index is 11.6. The fraction of sp³-hybridized carbons (Fsp3) is 0.800. The van der Waals surface area contributed by atoms with E-state index in [1.807, 2.05) is 0 Å². The summed E-state index contributed by atoms with van der Waals surface area (Å²) < 4.78 is 9.76. The van der Waals surface area contributed by atoms with E-state index in [1.54, 1.807) is 20.8 Å². The molecule has 1 aliphatic heterocycles. The van der Waals surface area contributed by atoms with Crippen LogP contribution >= 0.6 is 0 Å². The summed E-state index contributed by atoms with van der Waals surface area (Å²) in [5.41, 5.74) is -0.527. The molecule has 0 aliphatic carbocycles. The third-order valence-electron chi connectivity index (χ3n) is 2.07. The number of amides is 1. The SMILES string of the molecule is COC(=O)C1CN(C(=O)OC(C)(C)C)CN1. The maximum atomic E-state index is 11.6. The Morgan fingerprint density at radius 1 is 1.38 bits per heavy atom. The van der Waals surface area contributed by atoms with Crippen molar-refractivity contribution >= 4 is 12.1 Å². The van der Waals surface area contributed by atoms with Gasteiger partial charge in [0.25, 0.3) is 0 Å². The van der Waals surface area contributed by atoms with Gasteiger partial charge in [0.15, 0.2) is 0 Å². The summed E-state index contributed by atoms with van der Waals surface area (Å²) in [5, 5.41) is 2.87. The average molecular weight is 230 g/mol. The molecule has 0 saturated carbocycles. The second-order valence-electron chi connectivity index (χ2n) is 4.64. The van der Waals surface area contributed by atoms with E-state index in [-0.39, 0.29) is 12.5 Å². The van der Waals surface area contributed by atoms with E-state index in [9.17, 15) is 9.59 Å². The highest BCUT2D eigenvalue weighted by molar-refractivity contribution is 5.78. The van der Waals surface area contributed by atoms with Gasteiger partial charge in [0.2, 0.25) is 0 Å². The third kappa shape index (κ3) is 3.37. The van der Waals surface area contributed by atoms with Gasteiger partial charge in [0.05, 0.1) is 20.3 Å². The second kappa shape index (κ2) is 4.69. The molecular weight excluding hydrogens is 212 g/mol. The fourth-order valence-corrected chi connectivity index (χ4v) is 1.34. The largest absolute Gasteiger partial charge is 0.468 e. The first-order chi connectivity index (χ1) is 7.33. The number of esters is 1. The van der Waals surface area contributed by atoms with Crippen LogP contribution in [-0.2, 0) is 14.3 Å². The lowest BCUT2D eigenvalue weighted by atomic mass is 10.2. The summed E-state index contributed by atoms with van der Waals surface area (Å²) in [6.45, 7) is 5.97. The molecule has 1 aliphatic rings. The van der Waals surface area contributed by atoms with Gasteiger partial charge in [-0.05, 0) is 20.8 Å². The molecule has 1 heterocycles. The molecular formula is C10H18N2O4. The molecule has 0 bridgehead atoms. The van der Waals surface area contributed by atoms with Crippen LogP contribution in [-0.4, -0.2) is 48.9 Å². The monoisotopic (exact) mass is 230 g/mol. The number of rotatable bonds is 1. The van der Waals surface area contributed by atoms with E-state index in [0.29, 0.717) is 6.67 Å². The van der Waals surface area contributed by atoms with Gasteiger partial charge in [-0.25, -0.2) is 4.79 Å². The summed E-state index contributed by atoms with van der Waals surface area (Å²) in [7, 11) is 1.32. The van der Waals surface area contributed by atoms with Crippen LogP contribution in [0.1, 0.15) is 20.8 Å². The predicted octanol–water partition coefficient (Wildman–Crippen LogP) is 0.326. The van der Waals surface area contributed by atoms with Crippen LogP contribution in [0.3, 0.4) is 0 Å². The lowest BCUT2D eigenvalue weighted by molar-refractivity contribution is -0.142. The van der Waals surface area contributed by atoms with Crippen molar-refractivity contribution in [2.75, 3.05) is 20.3 Å². The smallest absolute Gasteiger partial charge is 0.411 e. The molecule has 0 aromatic carbocycles. The second-order valence-corrected chi connectivity index (χ2v) is 4.64. The average Bonchev–Trinajstić information content (AvgIpc) is 2.62. The van der Waals surface area contributed by atoms with E-state index in [1.165, 1.54) is 12.0 Å². The Morgan fingerprint density at radius 2 is 2.00 bits per heavy atom. The first-order valence-corrected chi connectivity index (χ1v) is 5.12. The van der Waals surface area contributed by atoms with Crippen LogP contribution in [0.15, 0.2) is 0 Å². The van der Waals surface area contributed by atoms with E-state index in [4.69, 9.17) is 4.74 Å². The summed E-state index contributed by atoms with van der Waals surface area (Å²) in [6.07, 6.45) is -0.425. The molecule has 1 atom stereocenters. The van der Waals surface area contributed by atoms with Crippen molar-refractivity contribution < 1.29 is 19.1 Å². The highest BCUT2D eigenvalue weighted by atomic mass is 16.6. The Kier molecular flexibility index (Phi) is 3.74. The van der Waals surface area contributed by atoms with Crippen LogP contribution in [0, 0.1) is 0 Å². The Labute approximate surface area is 94.9 Å². The van der Waals surface area contributed by atoms with Gasteiger partial charge < -0.3 is 9.47 Å². The Hall–Kier alpha value is -1.30. The molecule has 1 rings (SSSR count). The molecule has 1 amide bonds. The number of carbonyl (C=O) groups excluding carboxylic acids is 2. The Bertz CT molecular complexity index is 285. The van der Waals surface area contributed by atoms with E-state index in [0.717, 1.165) is 0 Å². The number of hydrogen-bond acceptors (Lipinski definition) is 5. The number of nitrogens with one attached hydrogen (secondary N) is 1. The molecule has 0 radical (unpaired) electrons. The molecule has 1 unspecified atom stereocenters. The predicted molar refractivity (Wildman–Crippen MR) is 56.7 cm³/mol. The van der Waals surface area contributed by atoms with Gasteiger partial charge in [0.1, 0.15) is 11.6 Å². The van der Waals surface area contributed by atoms with Crippen molar-refractivity contribution in [2.45, 2.75) is 32.4 Å². The molecule has 16 heavy (non-hydrogen) atoms. The first kappa shape index (κ1) is 12.8. The molecule has 0 spiro atoms. The van der Waals surface area contributed by atoms with Crippen LogP contribution in [0.5, 0.6) is 0 Å². The van der Waals surface area contributed by atoms with Crippen molar-refractivity contribution in [3.05, 3.63) is 0 Å². The van der Waals surface area contributed by atoms with Gasteiger partial charge >= 0.3 is 12.1 Å². The molecule has 1 saturated heterocycles. The van der Waals surface area contributed by atoms with Crippen molar-refractivity contribution in [2.24, 2.45) is 0 Å². The molecule has 0 aromatic rings. The minimum atomic E-state index is -0.527. The Balaban J connectivity index is 2.47. The Morgan fingerprint density at radius 3 is 2.50 bits per heavy atom. The standard InChI is InChI=1S/C10H18N2O4/c1-10(2,3)16-9(14)12-5-7(11-6-12)8(13)15-4/h7,11H,5-6H2,1-4H3. The van der Waals surface area contributed by atoms with Crippen LogP contribution in [0.25, 0.3) is 0 Å². The molecule has 6 heteroatoms. The lowest BCUT2D eigenvalue weighted by Gasteiger charge is -2.23. The van der Waals surface area contributed by atoms with Gasteiger partial charge in [-0.2, -0.15) is 0 Å². The summed E-state index contributed by atoms with van der Waals surface area (Å²) >= 11 is 0. The number of methoxy groups -OCH3 is 1. The number of ether oxygens (including phenoxy) is 2. The van der Waals surface area contributed by atoms with Gasteiger partial charge in [-0.1, -0.05) is 0 Å². The number of nitrogens with zero attached hydrogens (tertiary/aromatic N) is 1. The van der Waals surface area contributed by atoms with Gasteiger partial charge in [0, 0.05) is 0 Å². The molecule has 1 N–H and O–H groups in total. The third-order valence-corrected chi connectivity index (χ3v) is 2.07. The molecule has 1 fully saturated rings. The fourth-order valence-electron chi connectivity index (χ4n) is 1.34. The van der Waals surface area contributed by atoms with E-state index < -0.39 is 17.7 Å². The maximum Gasteiger partial charge on any atom is 0.411 e. The van der Waals surface area contributed by atoms with Gasteiger partial charge in [-0.15, -0.1) is 0 Å². The van der Waals surface area contributed by atoms with Crippen LogP contribution < -0.4 is 5.32 Å². The normalized spacial score (nSPS) is 20.8. The summed E-state index contributed by atoms with van der Waals surface area (Å²) in [5.74, 6) is -0.369. The number of carbonyl (C=O) groups is 2. The minimum Gasteiger partial charge on any atom is -0.468 e. The van der Waals surface area contributed by atoms with Gasteiger partial charge in [-0.3, -0.25) is 15.0 Å². The molecule has 6 nitrogen and oxygen atoms in total. The van der Waals surface area contributed by atoms with Crippen LogP contribution in [0.2, 0.25) is 0 Å². The van der Waals surface area contributed by atoms with Crippen molar-refractivity contribution in [3.63, 3.8) is 0 Å². The number of hydrogen-bond donors (Lipinski definition) is 1. The molecule has 92 valence electrons. The van der Waals surface area contributed by atoms with Crippen molar-refractivity contribution in [1.29, 1.82) is 0 Å². The summed E-state index contributed by atoms with van der Waals surface area (Å²) in [4.78, 5) is 24.3. The van der Waals surface area contributed by atoms with E-state index >= 15 is 0 Å². The van der Waals surface area contributed by atoms with Crippen LogP contribution in [0.4, 0.5) is 4.79 Å². The highest BCUT2D eigenvalue weighted by Crippen LogP contribution is 2.12.